The van der Waals surface area contributed by atoms with E-state index in [1.165, 1.54) is 5.56 Å². The molecule has 3 rings (SSSR count). The van der Waals surface area contributed by atoms with Gasteiger partial charge in [0, 0.05) is 25.4 Å². The minimum Gasteiger partial charge on any atom is -0.340 e. The number of aliphatic imine (C=N–C) groups is 1. The van der Waals surface area contributed by atoms with Crippen LogP contribution in [0.2, 0.25) is 0 Å². The Morgan fingerprint density at radius 1 is 1.35 bits per heavy atom. The van der Waals surface area contributed by atoms with E-state index in [0.29, 0.717) is 5.16 Å². The number of hydrogen-bond donors (Lipinski definition) is 1. The lowest BCUT2D eigenvalue weighted by molar-refractivity contribution is 0.547. The number of para-hydroxylation sites is 1. The van der Waals surface area contributed by atoms with Crippen molar-refractivity contribution in [2.24, 2.45) is 4.99 Å². The molecular weight excluding hydrogens is 234 g/mol. The smallest absolute Gasteiger partial charge is 0.133 e. The summed E-state index contributed by atoms with van der Waals surface area (Å²) in [6.07, 6.45) is 4.38. The van der Waals surface area contributed by atoms with Gasteiger partial charge >= 0.3 is 0 Å². The SMILES string of the molecule is CN1C(Cl)=CC=NC2=C1Nc1ccccc1C2. The molecule has 0 atom stereocenters. The molecule has 1 aromatic rings. The molecule has 0 spiro atoms. The van der Waals surface area contributed by atoms with Gasteiger partial charge in [0.15, 0.2) is 0 Å². The van der Waals surface area contributed by atoms with Gasteiger partial charge in [0.2, 0.25) is 0 Å². The van der Waals surface area contributed by atoms with E-state index in [-0.39, 0.29) is 0 Å². The van der Waals surface area contributed by atoms with Crippen molar-refractivity contribution in [3.63, 3.8) is 0 Å². The van der Waals surface area contributed by atoms with Gasteiger partial charge in [-0.2, -0.15) is 0 Å². The molecule has 0 unspecified atom stereocenters. The Morgan fingerprint density at radius 3 is 3.06 bits per heavy atom. The minimum atomic E-state index is 0.658. The van der Waals surface area contributed by atoms with Crippen molar-refractivity contribution >= 4 is 23.5 Å². The average molecular weight is 246 g/mol. The predicted molar refractivity (Wildman–Crippen MR) is 71.0 cm³/mol. The molecule has 1 N–H and O–H groups in total. The molecule has 0 fully saturated rings. The molecule has 0 bridgehead atoms. The number of hydrogen-bond acceptors (Lipinski definition) is 3. The maximum atomic E-state index is 6.14. The Labute approximate surface area is 105 Å². The third-order valence-corrected chi connectivity index (χ3v) is 3.38. The highest BCUT2D eigenvalue weighted by molar-refractivity contribution is 6.30. The Kier molecular flexibility index (Phi) is 2.41. The molecule has 2 heterocycles. The lowest BCUT2D eigenvalue weighted by Crippen LogP contribution is -2.25. The van der Waals surface area contributed by atoms with Gasteiger partial charge in [-0.3, -0.25) is 4.99 Å². The Bertz CT molecular complexity index is 558. The molecule has 3 nitrogen and oxygen atoms in total. The monoisotopic (exact) mass is 245 g/mol. The first-order chi connectivity index (χ1) is 8.25. The van der Waals surface area contributed by atoms with Crippen molar-refractivity contribution in [1.82, 2.24) is 4.90 Å². The van der Waals surface area contributed by atoms with Crippen LogP contribution in [0.25, 0.3) is 0 Å². The van der Waals surface area contributed by atoms with E-state index in [2.05, 4.69) is 22.4 Å². The number of halogens is 1. The molecule has 0 radical (unpaired) electrons. The second-order valence-electron chi connectivity index (χ2n) is 4.08. The number of allylic oxidation sites excluding steroid dienone is 2. The third-order valence-electron chi connectivity index (χ3n) is 3.00. The third kappa shape index (κ3) is 1.72. The maximum absolute atomic E-state index is 6.14. The van der Waals surface area contributed by atoms with E-state index >= 15 is 0 Å². The van der Waals surface area contributed by atoms with Crippen LogP contribution in [0.15, 0.2) is 52.0 Å². The van der Waals surface area contributed by atoms with Crippen molar-refractivity contribution in [3.05, 3.63) is 52.6 Å². The zero-order valence-corrected chi connectivity index (χ0v) is 10.2. The van der Waals surface area contributed by atoms with Crippen molar-refractivity contribution in [2.45, 2.75) is 6.42 Å². The summed E-state index contributed by atoms with van der Waals surface area (Å²) in [5.74, 6) is 0.957. The predicted octanol–water partition coefficient (Wildman–Crippen LogP) is 2.92. The van der Waals surface area contributed by atoms with Crippen molar-refractivity contribution < 1.29 is 0 Å². The standard InChI is InChI=1S/C13H12ClN3/c1-17-12(14)6-7-15-11-8-9-4-2-3-5-10(9)16-13(11)17/h2-7,16H,8H2,1H3. The highest BCUT2D eigenvalue weighted by Gasteiger charge is 2.21. The van der Waals surface area contributed by atoms with E-state index in [0.717, 1.165) is 23.6 Å². The summed E-state index contributed by atoms with van der Waals surface area (Å²) < 4.78 is 0. The van der Waals surface area contributed by atoms with Gasteiger partial charge in [-0.05, 0) is 17.7 Å². The fourth-order valence-corrected chi connectivity index (χ4v) is 2.19. The molecule has 4 heteroatoms. The normalized spacial score (nSPS) is 18.0. The van der Waals surface area contributed by atoms with E-state index in [9.17, 15) is 0 Å². The number of fused-ring (bicyclic) bond motifs is 1. The quantitative estimate of drug-likeness (QED) is 0.712. The lowest BCUT2D eigenvalue weighted by atomic mass is 10.0. The summed E-state index contributed by atoms with van der Waals surface area (Å²) in [5.41, 5.74) is 3.40. The highest BCUT2D eigenvalue weighted by Crippen LogP contribution is 2.31. The largest absolute Gasteiger partial charge is 0.340 e. The summed E-state index contributed by atoms with van der Waals surface area (Å²) >= 11 is 6.14. The second kappa shape index (κ2) is 3.93. The van der Waals surface area contributed by atoms with E-state index in [1.807, 2.05) is 24.1 Å². The molecule has 86 valence electrons. The number of anilines is 1. The zero-order valence-electron chi connectivity index (χ0n) is 9.44. The lowest BCUT2D eigenvalue weighted by Gasteiger charge is -2.28. The van der Waals surface area contributed by atoms with Gasteiger partial charge in [-0.25, -0.2) is 0 Å². The van der Waals surface area contributed by atoms with Gasteiger partial charge in [-0.15, -0.1) is 0 Å². The topological polar surface area (TPSA) is 27.6 Å². The molecule has 0 saturated carbocycles. The zero-order chi connectivity index (χ0) is 11.8. The first-order valence-corrected chi connectivity index (χ1v) is 5.85. The van der Waals surface area contributed by atoms with Crippen LogP contribution in [-0.4, -0.2) is 18.2 Å². The Morgan fingerprint density at radius 2 is 2.18 bits per heavy atom. The van der Waals surface area contributed by atoms with Crippen molar-refractivity contribution in [3.8, 4) is 0 Å². The number of rotatable bonds is 0. The van der Waals surface area contributed by atoms with Crippen LogP contribution in [0.3, 0.4) is 0 Å². The van der Waals surface area contributed by atoms with E-state index in [1.54, 1.807) is 12.3 Å². The molecule has 0 amide bonds. The molecule has 2 aliphatic rings. The number of benzene rings is 1. The summed E-state index contributed by atoms with van der Waals surface area (Å²) in [4.78, 5) is 6.35. The van der Waals surface area contributed by atoms with Gasteiger partial charge in [-0.1, -0.05) is 29.8 Å². The molecule has 17 heavy (non-hydrogen) atoms. The van der Waals surface area contributed by atoms with Crippen LogP contribution in [0, 0.1) is 0 Å². The first kappa shape index (κ1) is 10.4. The molecular formula is C13H12ClN3. The van der Waals surface area contributed by atoms with Gasteiger partial charge in [0.1, 0.15) is 11.0 Å². The second-order valence-corrected chi connectivity index (χ2v) is 4.47. The van der Waals surface area contributed by atoms with E-state index < -0.39 is 0 Å². The van der Waals surface area contributed by atoms with Crippen LogP contribution in [0.5, 0.6) is 0 Å². The summed E-state index contributed by atoms with van der Waals surface area (Å²) in [6, 6.07) is 8.25. The van der Waals surface area contributed by atoms with Crippen LogP contribution in [-0.2, 0) is 6.42 Å². The van der Waals surface area contributed by atoms with Gasteiger partial charge < -0.3 is 10.2 Å². The van der Waals surface area contributed by atoms with Gasteiger partial charge in [0.25, 0.3) is 0 Å². The highest BCUT2D eigenvalue weighted by atomic mass is 35.5. The number of nitrogens with one attached hydrogen (secondary N) is 1. The number of nitrogens with zero attached hydrogens (tertiary/aromatic N) is 2. The molecule has 1 aromatic carbocycles. The molecule has 0 saturated heterocycles. The van der Waals surface area contributed by atoms with Crippen molar-refractivity contribution in [1.29, 1.82) is 0 Å². The first-order valence-electron chi connectivity index (χ1n) is 5.47. The minimum absolute atomic E-state index is 0.658. The average Bonchev–Trinajstić information content (AvgIpc) is 2.48. The fraction of sp³-hybridized carbons (Fsp3) is 0.154. The van der Waals surface area contributed by atoms with E-state index in [4.69, 9.17) is 11.6 Å². The molecule has 0 aromatic heterocycles. The van der Waals surface area contributed by atoms with Crippen LogP contribution >= 0.6 is 11.6 Å². The summed E-state index contributed by atoms with van der Waals surface area (Å²) in [5, 5.41) is 4.04. The summed E-state index contributed by atoms with van der Waals surface area (Å²) in [6.45, 7) is 0. The summed E-state index contributed by atoms with van der Waals surface area (Å²) in [7, 11) is 1.93. The maximum Gasteiger partial charge on any atom is 0.133 e. The van der Waals surface area contributed by atoms with Crippen LogP contribution in [0.4, 0.5) is 5.69 Å². The van der Waals surface area contributed by atoms with Gasteiger partial charge in [0.05, 0.1) is 5.70 Å². The Hall–Kier alpha value is -1.74. The van der Waals surface area contributed by atoms with Crippen LogP contribution < -0.4 is 5.32 Å². The van der Waals surface area contributed by atoms with Crippen molar-refractivity contribution in [2.75, 3.05) is 12.4 Å². The molecule has 2 aliphatic heterocycles. The van der Waals surface area contributed by atoms with Crippen LogP contribution in [0.1, 0.15) is 5.56 Å². The Balaban J connectivity index is 2.06. The molecule has 0 aliphatic carbocycles. The fourth-order valence-electron chi connectivity index (χ4n) is 2.05.